The third-order valence-electron chi connectivity index (χ3n) is 1.45. The van der Waals surface area contributed by atoms with Crippen LogP contribution in [0.4, 0.5) is 0 Å². The summed E-state index contributed by atoms with van der Waals surface area (Å²) in [6.45, 7) is 0. The van der Waals surface area contributed by atoms with Crippen LogP contribution in [0.2, 0.25) is 0 Å². The van der Waals surface area contributed by atoms with E-state index in [0.29, 0.717) is 5.75 Å². The van der Waals surface area contributed by atoms with Crippen LogP contribution in [0.15, 0.2) is 0 Å². The summed E-state index contributed by atoms with van der Waals surface area (Å²) in [5, 5.41) is 25.5. The van der Waals surface area contributed by atoms with Crippen molar-refractivity contribution in [2.75, 3.05) is 11.5 Å². The maximum atomic E-state index is 10.3. The van der Waals surface area contributed by atoms with E-state index in [9.17, 15) is 9.59 Å². The van der Waals surface area contributed by atoms with Gasteiger partial charge in [0.2, 0.25) is 0 Å². The van der Waals surface area contributed by atoms with Gasteiger partial charge in [-0.3, -0.25) is 4.79 Å². The van der Waals surface area contributed by atoms with Gasteiger partial charge in [0.1, 0.15) is 6.04 Å². The highest BCUT2D eigenvalue weighted by molar-refractivity contribution is 7.99. The van der Waals surface area contributed by atoms with Gasteiger partial charge in [-0.2, -0.15) is 11.8 Å². The number of nitrogens with two attached hydrogens (primary N) is 1. The number of thioether (sulfide) groups is 1. The first-order chi connectivity index (χ1) is 6.45. The first-order valence-electron chi connectivity index (χ1n) is 3.92. The highest BCUT2D eigenvalue weighted by Gasteiger charge is 2.14. The lowest BCUT2D eigenvalue weighted by Crippen LogP contribution is -2.30. The molecule has 0 heterocycles. The fraction of sp³-hybridized carbons (Fsp3) is 0.714. The molecule has 0 saturated heterocycles. The van der Waals surface area contributed by atoms with E-state index in [-0.39, 0.29) is 12.2 Å². The van der Waals surface area contributed by atoms with Crippen LogP contribution in [0.5, 0.6) is 0 Å². The molecule has 7 heteroatoms. The molecule has 0 aliphatic rings. The molecule has 0 aromatic rings. The van der Waals surface area contributed by atoms with Crippen LogP contribution in [0.3, 0.4) is 0 Å². The maximum Gasteiger partial charge on any atom is 0.333 e. The van der Waals surface area contributed by atoms with Crippen LogP contribution in [0, 0.1) is 0 Å². The van der Waals surface area contributed by atoms with E-state index < -0.39 is 24.1 Å². The standard InChI is InChI=1S/C7H13NO5S/c8-4(6(10)11)1-2-14-3-5(9)7(12)13/h4-5,9H,1-3,8H2,(H,10,11)(H,12,13). The molecular formula is C7H13NO5S. The summed E-state index contributed by atoms with van der Waals surface area (Å²) < 4.78 is 0. The summed E-state index contributed by atoms with van der Waals surface area (Å²) in [6.07, 6.45) is -1.15. The van der Waals surface area contributed by atoms with Crippen LogP contribution in [-0.4, -0.2) is 50.9 Å². The van der Waals surface area contributed by atoms with Gasteiger partial charge in [0.05, 0.1) is 0 Å². The van der Waals surface area contributed by atoms with Crippen molar-refractivity contribution in [3.63, 3.8) is 0 Å². The molecule has 0 fully saturated rings. The molecule has 0 bridgehead atoms. The molecule has 0 aromatic carbocycles. The molecule has 82 valence electrons. The van der Waals surface area contributed by atoms with Gasteiger partial charge in [0.25, 0.3) is 0 Å². The summed E-state index contributed by atoms with van der Waals surface area (Å²) in [5.74, 6) is -1.90. The second-order valence-electron chi connectivity index (χ2n) is 2.66. The zero-order valence-electron chi connectivity index (χ0n) is 7.42. The Morgan fingerprint density at radius 1 is 1.29 bits per heavy atom. The van der Waals surface area contributed by atoms with Gasteiger partial charge >= 0.3 is 11.9 Å². The van der Waals surface area contributed by atoms with Crippen LogP contribution in [0.1, 0.15) is 6.42 Å². The maximum absolute atomic E-state index is 10.3. The molecule has 0 aliphatic heterocycles. The molecule has 0 aromatic heterocycles. The van der Waals surface area contributed by atoms with Crippen LogP contribution in [-0.2, 0) is 9.59 Å². The van der Waals surface area contributed by atoms with Crippen molar-refractivity contribution in [2.24, 2.45) is 5.73 Å². The number of aliphatic hydroxyl groups excluding tert-OH is 1. The summed E-state index contributed by atoms with van der Waals surface area (Å²) in [4.78, 5) is 20.4. The van der Waals surface area contributed by atoms with Gasteiger partial charge in [-0.15, -0.1) is 0 Å². The number of carboxylic acids is 2. The van der Waals surface area contributed by atoms with E-state index in [4.69, 9.17) is 21.1 Å². The Morgan fingerprint density at radius 2 is 1.86 bits per heavy atom. The minimum Gasteiger partial charge on any atom is -0.480 e. The lowest BCUT2D eigenvalue weighted by atomic mass is 10.2. The fourth-order valence-corrected chi connectivity index (χ4v) is 1.55. The highest BCUT2D eigenvalue weighted by atomic mass is 32.2. The number of hydrogen-bond acceptors (Lipinski definition) is 5. The number of rotatable bonds is 7. The minimum absolute atomic E-state index is 0.0433. The van der Waals surface area contributed by atoms with E-state index in [1.54, 1.807) is 0 Å². The third-order valence-corrected chi connectivity index (χ3v) is 2.53. The lowest BCUT2D eigenvalue weighted by molar-refractivity contribution is -0.145. The quantitative estimate of drug-likeness (QED) is 0.407. The number of hydrogen-bond donors (Lipinski definition) is 4. The fourth-order valence-electron chi connectivity index (χ4n) is 0.600. The van der Waals surface area contributed by atoms with Gasteiger partial charge in [-0.05, 0) is 12.2 Å². The van der Waals surface area contributed by atoms with Crippen molar-refractivity contribution in [2.45, 2.75) is 18.6 Å². The van der Waals surface area contributed by atoms with E-state index in [1.165, 1.54) is 0 Å². The van der Waals surface area contributed by atoms with Gasteiger partial charge in [-0.25, -0.2) is 4.79 Å². The van der Waals surface area contributed by atoms with Crippen molar-refractivity contribution in [1.82, 2.24) is 0 Å². The van der Waals surface area contributed by atoms with Gasteiger partial charge in [0.15, 0.2) is 6.10 Å². The molecule has 2 atom stereocenters. The molecule has 2 unspecified atom stereocenters. The Kier molecular flexibility index (Phi) is 6.26. The normalized spacial score (nSPS) is 14.7. The molecule has 0 amide bonds. The van der Waals surface area contributed by atoms with Gasteiger partial charge < -0.3 is 21.1 Å². The largest absolute Gasteiger partial charge is 0.480 e. The second kappa shape index (κ2) is 6.63. The number of carbonyl (C=O) groups is 2. The molecule has 0 radical (unpaired) electrons. The smallest absolute Gasteiger partial charge is 0.333 e. The summed E-state index contributed by atoms with van der Waals surface area (Å²) in [5.41, 5.74) is 5.20. The SMILES string of the molecule is NC(CCSCC(O)C(=O)O)C(=O)O. The molecule has 0 aliphatic carbocycles. The molecule has 0 rings (SSSR count). The Balaban J connectivity index is 3.47. The Bertz CT molecular complexity index is 188. The molecule has 0 spiro atoms. The zero-order valence-corrected chi connectivity index (χ0v) is 8.24. The molecule has 14 heavy (non-hydrogen) atoms. The number of aliphatic hydroxyl groups is 1. The summed E-state index contributed by atoms with van der Waals surface area (Å²) in [6, 6.07) is -0.926. The van der Waals surface area contributed by atoms with Crippen molar-refractivity contribution in [3.05, 3.63) is 0 Å². The minimum atomic E-state index is -1.40. The van der Waals surface area contributed by atoms with Crippen molar-refractivity contribution < 1.29 is 24.9 Å². The Labute approximate surface area is 85.1 Å². The van der Waals surface area contributed by atoms with Gasteiger partial charge in [0, 0.05) is 5.75 Å². The van der Waals surface area contributed by atoms with E-state index in [1.807, 2.05) is 0 Å². The molecule has 6 nitrogen and oxygen atoms in total. The molecular weight excluding hydrogens is 210 g/mol. The number of aliphatic carboxylic acids is 2. The van der Waals surface area contributed by atoms with E-state index in [2.05, 4.69) is 0 Å². The zero-order chi connectivity index (χ0) is 11.1. The Hall–Kier alpha value is -0.790. The average molecular weight is 223 g/mol. The monoisotopic (exact) mass is 223 g/mol. The molecule has 5 N–H and O–H groups in total. The van der Waals surface area contributed by atoms with E-state index >= 15 is 0 Å². The lowest BCUT2D eigenvalue weighted by Gasteiger charge is -2.07. The predicted molar refractivity (Wildman–Crippen MR) is 51.2 cm³/mol. The van der Waals surface area contributed by atoms with E-state index in [0.717, 1.165) is 11.8 Å². The van der Waals surface area contributed by atoms with Gasteiger partial charge in [-0.1, -0.05) is 0 Å². The topological polar surface area (TPSA) is 121 Å². The van der Waals surface area contributed by atoms with Crippen molar-refractivity contribution in [3.8, 4) is 0 Å². The Morgan fingerprint density at radius 3 is 2.29 bits per heavy atom. The predicted octanol–water partition coefficient (Wildman–Crippen LogP) is -1.03. The van der Waals surface area contributed by atoms with Crippen LogP contribution in [0.25, 0.3) is 0 Å². The third kappa shape index (κ3) is 5.79. The highest BCUT2D eigenvalue weighted by Crippen LogP contribution is 2.06. The number of carboxylic acid groups (broad SMARTS) is 2. The average Bonchev–Trinajstić information content (AvgIpc) is 2.11. The van der Waals surface area contributed by atoms with Crippen LogP contribution < -0.4 is 5.73 Å². The van der Waals surface area contributed by atoms with Crippen molar-refractivity contribution in [1.29, 1.82) is 0 Å². The first kappa shape index (κ1) is 13.2. The summed E-state index contributed by atoms with van der Waals surface area (Å²) >= 11 is 1.16. The van der Waals surface area contributed by atoms with Crippen molar-refractivity contribution >= 4 is 23.7 Å². The van der Waals surface area contributed by atoms with Crippen LogP contribution >= 0.6 is 11.8 Å². The second-order valence-corrected chi connectivity index (χ2v) is 3.81. The first-order valence-corrected chi connectivity index (χ1v) is 5.07. The molecule has 0 saturated carbocycles. The summed E-state index contributed by atoms with van der Waals surface area (Å²) in [7, 11) is 0.